The van der Waals surface area contributed by atoms with Crippen molar-refractivity contribution in [2.24, 2.45) is 0 Å². The molecule has 1 N–H and O–H groups in total. The molecule has 0 aliphatic carbocycles. The molecule has 0 amide bonds. The van der Waals surface area contributed by atoms with Gasteiger partial charge in [-0.05, 0) is 5.75 Å². The Morgan fingerprint density at radius 3 is 2.82 bits per heavy atom. The van der Waals surface area contributed by atoms with Gasteiger partial charge in [0.15, 0.2) is 0 Å². The van der Waals surface area contributed by atoms with E-state index in [0.29, 0.717) is 17.0 Å². The predicted octanol–water partition coefficient (Wildman–Crippen LogP) is 2.43. The summed E-state index contributed by atoms with van der Waals surface area (Å²) in [6.07, 6.45) is 0. The molecule has 0 aromatic heterocycles. The summed E-state index contributed by atoms with van der Waals surface area (Å²) in [5.74, 6) is 1.74. The van der Waals surface area contributed by atoms with Crippen LogP contribution in [0.5, 0.6) is 0 Å². The van der Waals surface area contributed by atoms with Gasteiger partial charge in [0.1, 0.15) is 0 Å². The second-order valence-electron chi connectivity index (χ2n) is 1.58. The van der Waals surface area contributed by atoms with Crippen LogP contribution in [-0.4, -0.2) is 23.0 Å². The minimum atomic E-state index is -3.45. The van der Waals surface area contributed by atoms with Crippen LogP contribution in [0.25, 0.3) is 0 Å². The topological polar surface area (TPSA) is 46.5 Å². The molecule has 0 bridgehead atoms. The second kappa shape index (κ2) is 6.69. The normalized spacial score (nSPS) is 16.3. The molecule has 0 aromatic rings. The first kappa shape index (κ1) is 12.2. The molecule has 7 heteroatoms. The maximum Gasteiger partial charge on any atom is 0.396 e. The van der Waals surface area contributed by atoms with Crippen molar-refractivity contribution in [1.82, 2.24) is 0 Å². The molecule has 68 valence electrons. The number of hydrogen-bond donors (Lipinski definition) is 2. The Morgan fingerprint density at radius 1 is 1.73 bits per heavy atom. The lowest BCUT2D eigenvalue weighted by molar-refractivity contribution is 0.294. The highest BCUT2D eigenvalue weighted by Gasteiger charge is 2.17. The van der Waals surface area contributed by atoms with E-state index in [9.17, 15) is 4.57 Å². The van der Waals surface area contributed by atoms with E-state index in [-0.39, 0.29) is 0 Å². The van der Waals surface area contributed by atoms with Crippen molar-refractivity contribution in [1.29, 1.82) is 0 Å². The zero-order valence-electron chi connectivity index (χ0n) is 6.10. The minimum Gasteiger partial charge on any atom is -0.316 e. The number of thioether (sulfide) groups is 1. The van der Waals surface area contributed by atoms with E-state index in [1.807, 2.05) is 6.92 Å². The van der Waals surface area contributed by atoms with Gasteiger partial charge in [0.05, 0.1) is 6.61 Å². The molecule has 0 radical (unpaired) electrons. The molecular formula is C4H11O3PS3. The van der Waals surface area contributed by atoms with Gasteiger partial charge in [0.2, 0.25) is 0 Å². The monoisotopic (exact) mass is 234 g/mol. The lowest BCUT2D eigenvalue weighted by Gasteiger charge is -2.06. The zero-order chi connectivity index (χ0) is 8.74. The molecule has 0 aromatic carbocycles. The van der Waals surface area contributed by atoms with Crippen LogP contribution in [0.15, 0.2) is 0 Å². The molecule has 0 saturated heterocycles. The van der Waals surface area contributed by atoms with Gasteiger partial charge in [-0.15, -0.1) is 0 Å². The first-order chi connectivity index (χ1) is 5.12. The summed E-state index contributed by atoms with van der Waals surface area (Å²) in [5, 5.41) is 0. The highest BCUT2D eigenvalue weighted by atomic mass is 33.3. The zero-order valence-corrected chi connectivity index (χ0v) is 9.52. The molecule has 0 spiro atoms. The smallest absolute Gasteiger partial charge is 0.316 e. The van der Waals surface area contributed by atoms with Gasteiger partial charge in [0, 0.05) is 16.2 Å². The molecule has 0 aliphatic heterocycles. The molecular weight excluding hydrogens is 223 g/mol. The van der Waals surface area contributed by atoms with Crippen molar-refractivity contribution in [2.45, 2.75) is 6.92 Å². The Hall–Kier alpha value is 1.20. The van der Waals surface area contributed by atoms with E-state index < -0.39 is 6.80 Å². The maximum absolute atomic E-state index is 10.8. The summed E-state index contributed by atoms with van der Waals surface area (Å²) >= 11 is 5.27. The third-order valence-electron chi connectivity index (χ3n) is 0.789. The van der Waals surface area contributed by atoms with Crippen molar-refractivity contribution < 1.29 is 14.0 Å². The van der Waals surface area contributed by atoms with E-state index in [2.05, 4.69) is 16.2 Å². The molecule has 11 heavy (non-hydrogen) atoms. The van der Waals surface area contributed by atoms with Gasteiger partial charge in [0.25, 0.3) is 0 Å². The number of rotatable bonds is 6. The standard InChI is InChI=1S/C4H11O3PS3/c1-2-10-4-3-7-8(5,6)11-9/h9H,2-4H2,1H3,(H,5,6). The first-order valence-corrected chi connectivity index (χ1v) is 8.21. The van der Waals surface area contributed by atoms with Crippen molar-refractivity contribution in [3.05, 3.63) is 0 Å². The summed E-state index contributed by atoms with van der Waals surface area (Å²) in [6.45, 7) is -1.12. The van der Waals surface area contributed by atoms with E-state index >= 15 is 0 Å². The Kier molecular flexibility index (Phi) is 7.42. The van der Waals surface area contributed by atoms with E-state index in [1.165, 1.54) is 0 Å². The molecule has 1 unspecified atom stereocenters. The Bertz CT molecular complexity index is 143. The molecule has 0 aliphatic rings. The Morgan fingerprint density at radius 2 is 2.36 bits per heavy atom. The minimum absolute atomic E-state index is 0.305. The van der Waals surface area contributed by atoms with Crippen molar-refractivity contribution in [3.8, 4) is 0 Å². The largest absolute Gasteiger partial charge is 0.396 e. The first-order valence-electron chi connectivity index (χ1n) is 3.00. The number of thiol groups is 1. The Balaban J connectivity index is 3.31. The molecule has 0 fully saturated rings. The fraction of sp³-hybridized carbons (Fsp3) is 1.00. The summed E-state index contributed by atoms with van der Waals surface area (Å²) in [4.78, 5) is 8.83. The van der Waals surface area contributed by atoms with Gasteiger partial charge >= 0.3 is 6.80 Å². The van der Waals surface area contributed by atoms with Crippen LogP contribution in [0, 0.1) is 0 Å². The lowest BCUT2D eigenvalue weighted by Crippen LogP contribution is -1.93. The highest BCUT2D eigenvalue weighted by Crippen LogP contribution is 2.57. The summed E-state index contributed by atoms with van der Waals surface area (Å²) in [5.41, 5.74) is 0. The molecule has 0 saturated carbocycles. The molecule has 0 rings (SSSR count). The van der Waals surface area contributed by atoms with E-state index in [1.54, 1.807) is 11.8 Å². The summed E-state index contributed by atoms with van der Waals surface area (Å²) < 4.78 is 15.4. The SMILES string of the molecule is CCSCCOP(=O)(O)SS. The van der Waals surface area contributed by atoms with Crippen LogP contribution in [0.2, 0.25) is 0 Å². The maximum atomic E-state index is 10.8. The van der Waals surface area contributed by atoms with Crippen LogP contribution in [-0.2, 0) is 9.09 Å². The quantitative estimate of drug-likeness (QED) is 0.320. The van der Waals surface area contributed by atoms with Gasteiger partial charge in [-0.3, -0.25) is 4.52 Å². The molecule has 0 heterocycles. The third kappa shape index (κ3) is 7.56. The van der Waals surface area contributed by atoms with E-state index in [0.717, 1.165) is 11.5 Å². The molecule has 1 atom stereocenters. The average molecular weight is 234 g/mol. The van der Waals surface area contributed by atoms with Crippen LogP contribution >= 0.6 is 40.6 Å². The molecule has 3 nitrogen and oxygen atoms in total. The van der Waals surface area contributed by atoms with Crippen LogP contribution in [0.1, 0.15) is 6.92 Å². The average Bonchev–Trinajstić information content (AvgIpc) is 1.99. The van der Waals surface area contributed by atoms with Crippen molar-refractivity contribution in [2.75, 3.05) is 18.1 Å². The van der Waals surface area contributed by atoms with Crippen LogP contribution < -0.4 is 0 Å². The van der Waals surface area contributed by atoms with Gasteiger partial charge in [-0.1, -0.05) is 18.6 Å². The lowest BCUT2D eigenvalue weighted by atomic mass is 10.9. The summed E-state index contributed by atoms with van der Waals surface area (Å²) in [7, 11) is 0.559. The predicted molar refractivity (Wildman–Crippen MR) is 55.4 cm³/mol. The van der Waals surface area contributed by atoms with Crippen LogP contribution in [0.3, 0.4) is 0 Å². The van der Waals surface area contributed by atoms with Gasteiger partial charge in [-0.2, -0.15) is 11.8 Å². The number of hydrogen-bond acceptors (Lipinski definition) is 5. The second-order valence-corrected chi connectivity index (χ2v) is 7.68. The summed E-state index contributed by atoms with van der Waals surface area (Å²) in [6, 6.07) is 0. The van der Waals surface area contributed by atoms with Crippen LogP contribution in [0.4, 0.5) is 0 Å². The third-order valence-corrected chi connectivity index (χ3v) is 5.16. The van der Waals surface area contributed by atoms with Gasteiger partial charge in [-0.25, -0.2) is 4.57 Å². The Labute approximate surface area is 79.8 Å². The van der Waals surface area contributed by atoms with E-state index in [4.69, 9.17) is 4.89 Å². The fourth-order valence-electron chi connectivity index (χ4n) is 0.379. The van der Waals surface area contributed by atoms with Crippen molar-refractivity contribution >= 4 is 40.6 Å². The fourth-order valence-corrected chi connectivity index (χ4v) is 2.15. The van der Waals surface area contributed by atoms with Gasteiger partial charge < -0.3 is 4.89 Å². The highest BCUT2D eigenvalue weighted by molar-refractivity contribution is 8.93. The van der Waals surface area contributed by atoms with Crippen molar-refractivity contribution in [3.63, 3.8) is 0 Å².